The van der Waals surface area contributed by atoms with Crippen molar-refractivity contribution in [3.05, 3.63) is 21.1 Å². The first-order valence-corrected chi connectivity index (χ1v) is 7.80. The van der Waals surface area contributed by atoms with Crippen molar-refractivity contribution in [2.24, 2.45) is 0 Å². The number of halogens is 2. The van der Waals surface area contributed by atoms with Crippen molar-refractivity contribution in [3.8, 4) is 0 Å². The zero-order valence-corrected chi connectivity index (χ0v) is 13.9. The second kappa shape index (κ2) is 5.81. The molecule has 1 aromatic rings. The van der Waals surface area contributed by atoms with E-state index in [-0.39, 0.29) is 27.0 Å². The normalized spacial score (nSPS) is 11.5. The Hall–Kier alpha value is -0.580. The van der Waals surface area contributed by atoms with E-state index in [1.165, 1.54) is 6.92 Å². The highest BCUT2D eigenvalue weighted by Gasteiger charge is 2.37. The van der Waals surface area contributed by atoms with Gasteiger partial charge in [0.1, 0.15) is 0 Å². The molecule has 8 nitrogen and oxygen atoms in total. The number of rotatable bonds is 2. The summed E-state index contributed by atoms with van der Waals surface area (Å²) in [5.41, 5.74) is -1.03. The summed E-state index contributed by atoms with van der Waals surface area (Å²) >= 11 is 2.87. The van der Waals surface area contributed by atoms with E-state index in [2.05, 4.69) is 20.9 Å². The third-order valence-corrected chi connectivity index (χ3v) is 4.75. The molecule has 1 aromatic carbocycles. The lowest BCUT2D eigenvalue weighted by Crippen LogP contribution is -3.00. The van der Waals surface area contributed by atoms with Gasteiger partial charge >= 0.3 is 25.9 Å². The van der Waals surface area contributed by atoms with E-state index < -0.39 is 35.7 Å². The van der Waals surface area contributed by atoms with Crippen molar-refractivity contribution in [2.75, 3.05) is 0 Å². The Bertz CT molecular complexity index is 766. The number of diazo groups is 1. The molecule has 0 bridgehead atoms. The smallest absolute Gasteiger partial charge is 0.427 e. The van der Waals surface area contributed by atoms with Gasteiger partial charge in [-0.2, -0.15) is 16.8 Å². The summed E-state index contributed by atoms with van der Waals surface area (Å²) in [5, 5.41) is 8.70. The maximum Gasteiger partial charge on any atom is 0.427 e. The van der Waals surface area contributed by atoms with Gasteiger partial charge in [-0.15, -0.1) is 0 Å². The summed E-state index contributed by atoms with van der Waals surface area (Å²) in [7, 11) is -9.67. The molecule has 0 radical (unpaired) electrons. The fraction of sp³-hybridized carbons (Fsp3) is 0.143. The Morgan fingerprint density at radius 3 is 2.00 bits per heavy atom. The first kappa shape index (κ1) is 18.4. The lowest BCUT2D eigenvalue weighted by Gasteiger charge is -2.04. The largest absolute Gasteiger partial charge is 1.00 e. The third-order valence-electron chi connectivity index (χ3n) is 2.04. The van der Waals surface area contributed by atoms with E-state index in [1.807, 2.05) is 0 Å². The van der Waals surface area contributed by atoms with Crippen LogP contribution in [-0.4, -0.2) is 25.9 Å². The standard InChI is InChI=1S/C7H5BrN2O6S2.BrH/c1-3-4(8)2-5(17(11,12)13)6(10-9)7(3)18(14,15)16;/h2H,1H3,(H-,11,12,13,14,15,16);1H. The molecule has 0 aromatic heterocycles. The van der Waals surface area contributed by atoms with Crippen molar-refractivity contribution in [1.82, 2.24) is 0 Å². The van der Waals surface area contributed by atoms with Crippen LogP contribution in [0.15, 0.2) is 20.3 Å². The van der Waals surface area contributed by atoms with Gasteiger partial charge in [-0.1, -0.05) is 15.9 Å². The highest BCUT2D eigenvalue weighted by atomic mass is 79.9. The third kappa shape index (κ3) is 3.71. The molecule has 2 N–H and O–H groups in total. The molecule has 0 amide bonds. The summed E-state index contributed by atoms with van der Waals surface area (Å²) in [6.07, 6.45) is 0. The zero-order chi connectivity index (χ0) is 14.3. The molecule has 0 aliphatic rings. The second-order valence-corrected chi connectivity index (χ2v) is 6.81. The minimum atomic E-state index is -4.84. The Morgan fingerprint density at radius 1 is 1.21 bits per heavy atom. The van der Waals surface area contributed by atoms with E-state index in [9.17, 15) is 16.8 Å². The van der Waals surface area contributed by atoms with Crippen molar-refractivity contribution in [2.45, 2.75) is 16.7 Å². The molecule has 19 heavy (non-hydrogen) atoms. The van der Waals surface area contributed by atoms with E-state index in [0.717, 1.165) is 6.07 Å². The number of benzene rings is 1. The zero-order valence-electron chi connectivity index (χ0n) is 9.07. The average molecular weight is 438 g/mol. The highest BCUT2D eigenvalue weighted by Crippen LogP contribution is 2.38. The second-order valence-electron chi connectivity index (χ2n) is 3.21. The quantitative estimate of drug-likeness (QED) is 0.435. The molecule has 0 saturated carbocycles. The average Bonchev–Trinajstić information content (AvgIpc) is 2.17. The molecule has 0 spiro atoms. The Labute approximate surface area is 127 Å². The van der Waals surface area contributed by atoms with Gasteiger partial charge in [0, 0.05) is 4.47 Å². The van der Waals surface area contributed by atoms with Gasteiger partial charge in [0.25, 0.3) is 0 Å². The number of hydrogen-bond acceptors (Lipinski definition) is 5. The first-order valence-electron chi connectivity index (χ1n) is 4.13. The fourth-order valence-corrected chi connectivity index (χ4v) is 3.62. The summed E-state index contributed by atoms with van der Waals surface area (Å²) in [4.78, 5) is 0.647. The van der Waals surface area contributed by atoms with Crippen LogP contribution in [0.4, 0.5) is 5.69 Å². The molecule has 0 atom stereocenters. The van der Waals surface area contributed by atoms with Crippen LogP contribution < -0.4 is 17.0 Å². The molecule has 0 heterocycles. The summed E-state index contributed by atoms with van der Waals surface area (Å²) in [6.45, 7) is 1.25. The Kier molecular flexibility index (Phi) is 5.64. The van der Waals surface area contributed by atoms with Gasteiger partial charge in [-0.25, -0.2) is 0 Å². The van der Waals surface area contributed by atoms with Crippen LogP contribution in [0, 0.1) is 12.3 Å². The maximum atomic E-state index is 11.2. The molecular weight excluding hydrogens is 432 g/mol. The van der Waals surface area contributed by atoms with E-state index in [1.54, 1.807) is 0 Å². The van der Waals surface area contributed by atoms with Crippen LogP contribution in [-0.2, 0) is 20.2 Å². The molecule has 0 saturated heterocycles. The number of nitrogens with zero attached hydrogens (tertiary/aromatic N) is 2. The SMILES string of the molecule is Cc1c(Br)cc(S(=O)(=O)O)c([N+]#N)c1S(=O)(=O)O.[Br-]. The first-order chi connectivity index (χ1) is 8.00. The lowest BCUT2D eigenvalue weighted by atomic mass is 10.2. The van der Waals surface area contributed by atoms with Crippen molar-refractivity contribution >= 4 is 41.9 Å². The van der Waals surface area contributed by atoms with Crippen LogP contribution in [0.5, 0.6) is 0 Å². The van der Waals surface area contributed by atoms with E-state index in [0.29, 0.717) is 0 Å². The monoisotopic (exact) mass is 436 g/mol. The molecule has 0 unspecified atom stereocenters. The molecule has 0 aliphatic carbocycles. The van der Waals surface area contributed by atoms with Crippen LogP contribution in [0.25, 0.3) is 4.98 Å². The van der Waals surface area contributed by atoms with Gasteiger partial charge < -0.3 is 17.0 Å². The molecule has 0 fully saturated rings. The van der Waals surface area contributed by atoms with Gasteiger partial charge in [-0.05, 0) is 18.6 Å². The van der Waals surface area contributed by atoms with Crippen molar-refractivity contribution in [1.29, 1.82) is 5.39 Å². The van der Waals surface area contributed by atoms with Gasteiger partial charge in [-0.3, -0.25) is 9.11 Å². The molecular formula is C7H6Br2N2O6S2. The van der Waals surface area contributed by atoms with Crippen LogP contribution in [0.2, 0.25) is 0 Å². The highest BCUT2D eigenvalue weighted by molar-refractivity contribution is 9.10. The fourth-order valence-electron chi connectivity index (χ4n) is 1.30. The van der Waals surface area contributed by atoms with Crippen molar-refractivity contribution < 1.29 is 42.9 Å². The summed E-state index contributed by atoms with van der Waals surface area (Å²) < 4.78 is 62.3. The van der Waals surface area contributed by atoms with Crippen LogP contribution >= 0.6 is 15.9 Å². The predicted octanol–water partition coefficient (Wildman–Crippen LogP) is -1.26. The van der Waals surface area contributed by atoms with E-state index >= 15 is 0 Å². The minimum Gasteiger partial charge on any atom is -1.00 e. The lowest BCUT2D eigenvalue weighted by molar-refractivity contribution is -0.0000123. The number of hydrogen-bond donors (Lipinski definition) is 2. The topological polar surface area (TPSA) is 137 Å². The predicted molar refractivity (Wildman–Crippen MR) is 63.3 cm³/mol. The Morgan fingerprint density at radius 2 is 1.68 bits per heavy atom. The van der Waals surface area contributed by atoms with E-state index in [4.69, 9.17) is 14.5 Å². The van der Waals surface area contributed by atoms with Crippen LogP contribution in [0.3, 0.4) is 0 Å². The van der Waals surface area contributed by atoms with Gasteiger partial charge in [0.2, 0.25) is 5.39 Å². The summed E-state index contributed by atoms with van der Waals surface area (Å²) in [5.74, 6) is 0. The maximum absolute atomic E-state index is 11.2. The van der Waals surface area contributed by atoms with Gasteiger partial charge in [0.05, 0.1) is 0 Å². The van der Waals surface area contributed by atoms with Crippen LogP contribution in [0.1, 0.15) is 5.56 Å². The summed E-state index contributed by atoms with van der Waals surface area (Å²) in [6, 6.07) is 0.856. The van der Waals surface area contributed by atoms with Crippen molar-refractivity contribution in [3.63, 3.8) is 0 Å². The molecule has 1 rings (SSSR count). The minimum absolute atomic E-state index is 0. The molecule has 0 aliphatic heterocycles. The molecule has 106 valence electrons. The Balaban J connectivity index is 0.00000324. The van der Waals surface area contributed by atoms with Gasteiger partial charge in [0.15, 0.2) is 14.8 Å². The molecule has 12 heteroatoms.